The van der Waals surface area contributed by atoms with E-state index in [1.165, 1.54) is 11.1 Å². The van der Waals surface area contributed by atoms with Gasteiger partial charge in [-0.05, 0) is 48.5 Å². The number of hydrogen-bond acceptors (Lipinski definition) is 5. The van der Waals surface area contributed by atoms with Crippen molar-refractivity contribution in [1.82, 2.24) is 30.0 Å². The minimum Gasteiger partial charge on any atom is -0.367 e. The quantitative estimate of drug-likeness (QED) is 0.472. The fourth-order valence-electron chi connectivity index (χ4n) is 4.41. The van der Waals surface area contributed by atoms with E-state index in [4.69, 9.17) is 0 Å². The predicted octanol–water partition coefficient (Wildman–Crippen LogP) is 3.92. The van der Waals surface area contributed by atoms with Gasteiger partial charge in [-0.3, -0.25) is 15.1 Å². The highest BCUT2D eigenvalue weighted by molar-refractivity contribution is 6.00. The first-order valence-corrected chi connectivity index (χ1v) is 10.6. The molecule has 1 aromatic carbocycles. The van der Waals surface area contributed by atoms with Gasteiger partial charge in [0.05, 0.1) is 34.8 Å². The summed E-state index contributed by atoms with van der Waals surface area (Å²) in [5.41, 5.74) is 7.45. The zero-order chi connectivity index (χ0) is 20.8. The van der Waals surface area contributed by atoms with Crippen molar-refractivity contribution in [1.29, 1.82) is 0 Å². The maximum Gasteiger partial charge on any atom is 0.116 e. The van der Waals surface area contributed by atoms with Crippen molar-refractivity contribution in [3.63, 3.8) is 0 Å². The second-order valence-electron chi connectivity index (χ2n) is 8.16. The molecule has 0 bridgehead atoms. The molecule has 1 aliphatic heterocycles. The summed E-state index contributed by atoms with van der Waals surface area (Å²) >= 11 is 0. The molecule has 2 N–H and O–H groups in total. The molecule has 6 rings (SSSR count). The minimum absolute atomic E-state index is 0.923. The summed E-state index contributed by atoms with van der Waals surface area (Å²) in [6, 6.07) is 12.6. The molecule has 5 aromatic rings. The van der Waals surface area contributed by atoms with Crippen LogP contribution in [0.5, 0.6) is 0 Å². The third kappa shape index (κ3) is 3.14. The van der Waals surface area contributed by atoms with Gasteiger partial charge in [-0.2, -0.15) is 5.10 Å². The van der Waals surface area contributed by atoms with Crippen molar-refractivity contribution < 1.29 is 0 Å². The number of rotatable bonds is 3. The summed E-state index contributed by atoms with van der Waals surface area (Å²) < 4.78 is 0. The van der Waals surface area contributed by atoms with Gasteiger partial charge in [0, 0.05) is 49.3 Å². The highest BCUT2D eigenvalue weighted by Crippen LogP contribution is 2.34. The summed E-state index contributed by atoms with van der Waals surface area (Å²) in [4.78, 5) is 17.0. The van der Waals surface area contributed by atoms with Crippen LogP contribution >= 0.6 is 0 Å². The SMILES string of the molecule is CN1CCN(c2cncc3[nH]c(-c4n[nH]c5ccc(-c6ccncc6)cc45)cc23)CC1. The molecule has 7 heteroatoms. The summed E-state index contributed by atoms with van der Waals surface area (Å²) in [7, 11) is 2.17. The highest BCUT2D eigenvalue weighted by atomic mass is 15.2. The van der Waals surface area contributed by atoms with Crippen LogP contribution in [0.3, 0.4) is 0 Å². The van der Waals surface area contributed by atoms with E-state index < -0.39 is 0 Å². The lowest BCUT2D eigenvalue weighted by Gasteiger charge is -2.34. The van der Waals surface area contributed by atoms with E-state index in [0.717, 1.165) is 65.1 Å². The standard InChI is InChI=1S/C24H23N7/c1-30-8-10-31(11-9-30)23-15-26-14-22-18(23)13-21(27-22)24-19-12-17(2-3-20(19)28-29-24)16-4-6-25-7-5-16/h2-7,12-15,27H,8-11H2,1H3,(H,28,29). The number of pyridine rings is 2. The second kappa shape index (κ2) is 7.21. The molecular formula is C24H23N7. The van der Waals surface area contributed by atoms with E-state index in [1.54, 1.807) is 0 Å². The zero-order valence-electron chi connectivity index (χ0n) is 17.3. The van der Waals surface area contributed by atoms with Crippen molar-refractivity contribution in [2.75, 3.05) is 38.1 Å². The minimum atomic E-state index is 0.923. The van der Waals surface area contributed by atoms with Crippen molar-refractivity contribution in [2.45, 2.75) is 0 Å². The van der Waals surface area contributed by atoms with E-state index >= 15 is 0 Å². The summed E-state index contributed by atoms with van der Waals surface area (Å²) in [5.74, 6) is 0. The molecule has 0 unspecified atom stereocenters. The predicted molar refractivity (Wildman–Crippen MR) is 124 cm³/mol. The van der Waals surface area contributed by atoms with Crippen LogP contribution in [0.25, 0.3) is 44.3 Å². The maximum atomic E-state index is 4.64. The summed E-state index contributed by atoms with van der Waals surface area (Å²) in [6.07, 6.45) is 7.52. The summed E-state index contributed by atoms with van der Waals surface area (Å²) in [5, 5.41) is 10.1. The van der Waals surface area contributed by atoms with Crippen LogP contribution in [0.4, 0.5) is 5.69 Å². The largest absolute Gasteiger partial charge is 0.367 e. The Morgan fingerprint density at radius 3 is 2.48 bits per heavy atom. The highest BCUT2D eigenvalue weighted by Gasteiger charge is 2.19. The monoisotopic (exact) mass is 409 g/mol. The molecule has 0 aliphatic carbocycles. The van der Waals surface area contributed by atoms with Crippen LogP contribution in [0.2, 0.25) is 0 Å². The van der Waals surface area contributed by atoms with E-state index in [2.05, 4.69) is 66.3 Å². The number of nitrogens with zero attached hydrogens (tertiary/aromatic N) is 5. The zero-order valence-corrected chi connectivity index (χ0v) is 17.3. The van der Waals surface area contributed by atoms with E-state index in [0.29, 0.717) is 0 Å². The van der Waals surface area contributed by atoms with Crippen LogP contribution < -0.4 is 4.90 Å². The normalized spacial score (nSPS) is 15.2. The molecule has 1 aliphatic rings. The number of nitrogens with one attached hydrogen (secondary N) is 2. The first-order valence-electron chi connectivity index (χ1n) is 10.6. The molecule has 4 aromatic heterocycles. The van der Waals surface area contributed by atoms with Crippen molar-refractivity contribution in [2.24, 2.45) is 0 Å². The number of hydrogen-bond donors (Lipinski definition) is 2. The first-order chi connectivity index (χ1) is 15.3. The number of piperazine rings is 1. The number of H-pyrrole nitrogens is 2. The number of likely N-dealkylation sites (N-methyl/N-ethyl adjacent to an activating group) is 1. The Morgan fingerprint density at radius 2 is 1.65 bits per heavy atom. The van der Waals surface area contributed by atoms with Gasteiger partial charge >= 0.3 is 0 Å². The van der Waals surface area contributed by atoms with Gasteiger partial charge in [0.1, 0.15) is 5.69 Å². The van der Waals surface area contributed by atoms with Crippen LogP contribution in [-0.2, 0) is 0 Å². The molecule has 154 valence electrons. The molecule has 1 fully saturated rings. The number of aromatic amines is 2. The van der Waals surface area contributed by atoms with Gasteiger partial charge in [-0.15, -0.1) is 0 Å². The molecule has 0 amide bonds. The van der Waals surface area contributed by atoms with Crippen molar-refractivity contribution in [3.05, 3.63) is 61.2 Å². The fourth-order valence-corrected chi connectivity index (χ4v) is 4.41. The molecule has 7 nitrogen and oxygen atoms in total. The molecule has 0 spiro atoms. The third-order valence-electron chi connectivity index (χ3n) is 6.20. The van der Waals surface area contributed by atoms with E-state index in [-0.39, 0.29) is 0 Å². The summed E-state index contributed by atoms with van der Waals surface area (Å²) in [6.45, 7) is 4.15. The average Bonchev–Trinajstić information content (AvgIpc) is 3.43. The van der Waals surface area contributed by atoms with Gasteiger partial charge < -0.3 is 14.8 Å². The number of benzene rings is 1. The van der Waals surface area contributed by atoms with Gasteiger partial charge in [0.15, 0.2) is 0 Å². The fraction of sp³-hybridized carbons (Fsp3) is 0.208. The van der Waals surface area contributed by atoms with Gasteiger partial charge in [-0.1, -0.05) is 6.07 Å². The molecule has 31 heavy (non-hydrogen) atoms. The lowest BCUT2D eigenvalue weighted by Crippen LogP contribution is -2.44. The Labute approximate surface area is 179 Å². The number of aromatic nitrogens is 5. The molecule has 5 heterocycles. The first kappa shape index (κ1) is 18.1. The average molecular weight is 409 g/mol. The van der Waals surface area contributed by atoms with Crippen molar-refractivity contribution >= 4 is 27.5 Å². The van der Waals surface area contributed by atoms with Gasteiger partial charge in [0.25, 0.3) is 0 Å². The topological polar surface area (TPSA) is 76.7 Å². The Kier molecular flexibility index (Phi) is 4.21. The molecule has 0 radical (unpaired) electrons. The van der Waals surface area contributed by atoms with Crippen LogP contribution in [-0.4, -0.2) is 63.3 Å². The number of fused-ring (bicyclic) bond motifs is 2. The molecule has 0 saturated carbocycles. The molecule has 1 saturated heterocycles. The molecular weight excluding hydrogens is 386 g/mol. The van der Waals surface area contributed by atoms with E-state index in [9.17, 15) is 0 Å². The Morgan fingerprint density at radius 1 is 0.806 bits per heavy atom. The van der Waals surface area contributed by atoms with Crippen molar-refractivity contribution in [3.8, 4) is 22.5 Å². The van der Waals surface area contributed by atoms with Crippen LogP contribution in [0, 0.1) is 0 Å². The lowest BCUT2D eigenvalue weighted by molar-refractivity contribution is 0.313. The maximum absolute atomic E-state index is 4.64. The Hall–Kier alpha value is -3.71. The third-order valence-corrected chi connectivity index (χ3v) is 6.20. The van der Waals surface area contributed by atoms with Gasteiger partial charge in [0.2, 0.25) is 0 Å². The lowest BCUT2D eigenvalue weighted by atomic mass is 10.0. The van der Waals surface area contributed by atoms with Gasteiger partial charge in [-0.25, -0.2) is 0 Å². The molecule has 0 atom stereocenters. The smallest absolute Gasteiger partial charge is 0.116 e. The Bertz CT molecular complexity index is 1360. The van der Waals surface area contributed by atoms with Crippen LogP contribution in [0.15, 0.2) is 61.2 Å². The number of anilines is 1. The van der Waals surface area contributed by atoms with E-state index in [1.807, 2.05) is 36.9 Å². The second-order valence-corrected chi connectivity index (χ2v) is 8.16. The van der Waals surface area contributed by atoms with Crippen LogP contribution in [0.1, 0.15) is 0 Å². The Balaban J connectivity index is 1.44.